The molecule has 0 bridgehead atoms. The Morgan fingerprint density at radius 3 is 1.39 bits per heavy atom. The van der Waals surface area contributed by atoms with Gasteiger partial charge in [-0.3, -0.25) is 0 Å². The van der Waals surface area contributed by atoms with E-state index < -0.39 is 0 Å². The first-order valence-corrected chi connectivity index (χ1v) is 8.64. The highest BCUT2D eigenvalue weighted by Crippen LogP contribution is 2.17. The molecule has 0 aromatic carbocycles. The van der Waals surface area contributed by atoms with E-state index in [1.165, 1.54) is 89.9 Å². The van der Waals surface area contributed by atoms with Gasteiger partial charge in [0.15, 0.2) is 0 Å². The lowest BCUT2D eigenvalue weighted by Gasteiger charge is -2.10. The third kappa shape index (κ3) is 14.1. The number of hydrogen-bond acceptors (Lipinski definition) is 0. The summed E-state index contributed by atoms with van der Waals surface area (Å²) in [6.07, 6.45) is 19.8. The highest BCUT2D eigenvalue weighted by Gasteiger charge is 2.01. The first kappa shape index (κ1) is 18.0. The standard InChI is InChI=1S/C18H37/c1-4-6-8-9-10-11-12-13-15-17-18(3)16-14-7-5-2/h18H,3-17H2,1-2H3. The molecule has 0 amide bonds. The number of rotatable bonds is 14. The van der Waals surface area contributed by atoms with Gasteiger partial charge in [0.05, 0.1) is 0 Å². The molecule has 0 rings (SSSR count). The summed E-state index contributed by atoms with van der Waals surface area (Å²) in [6.45, 7) is 8.84. The Morgan fingerprint density at radius 1 is 0.556 bits per heavy atom. The van der Waals surface area contributed by atoms with Crippen molar-refractivity contribution < 1.29 is 0 Å². The van der Waals surface area contributed by atoms with E-state index in [1.807, 2.05) is 0 Å². The summed E-state index contributed by atoms with van der Waals surface area (Å²) in [5.41, 5.74) is 0. The van der Waals surface area contributed by atoms with E-state index >= 15 is 0 Å². The number of hydrogen-bond donors (Lipinski definition) is 0. The smallest absolute Gasteiger partial charge is 0.0414 e. The van der Waals surface area contributed by atoms with Gasteiger partial charge in [-0.2, -0.15) is 0 Å². The Kier molecular flexibility index (Phi) is 15.1. The molecule has 0 fully saturated rings. The van der Waals surface area contributed by atoms with E-state index in [9.17, 15) is 0 Å². The normalized spacial score (nSPS) is 12.8. The van der Waals surface area contributed by atoms with Crippen LogP contribution in [0.2, 0.25) is 0 Å². The summed E-state index contributed by atoms with van der Waals surface area (Å²) in [4.78, 5) is 0. The summed E-state index contributed by atoms with van der Waals surface area (Å²) in [6, 6.07) is 0. The van der Waals surface area contributed by atoms with Crippen LogP contribution in [0.4, 0.5) is 0 Å². The molecule has 0 nitrogen and oxygen atoms in total. The van der Waals surface area contributed by atoms with E-state index in [1.54, 1.807) is 0 Å². The molecule has 0 aliphatic rings. The summed E-state index contributed by atoms with van der Waals surface area (Å²) in [5.74, 6) is 0.723. The minimum absolute atomic E-state index is 0.723. The lowest BCUT2D eigenvalue weighted by molar-refractivity contribution is 0.468. The highest BCUT2D eigenvalue weighted by atomic mass is 14.1. The molecule has 1 radical (unpaired) electrons. The second kappa shape index (κ2) is 15.1. The molecule has 109 valence electrons. The molecule has 0 aliphatic carbocycles. The number of unbranched alkanes of at least 4 members (excludes halogenated alkanes) is 10. The van der Waals surface area contributed by atoms with Gasteiger partial charge < -0.3 is 0 Å². The van der Waals surface area contributed by atoms with Crippen LogP contribution in [0.25, 0.3) is 0 Å². The van der Waals surface area contributed by atoms with Crippen LogP contribution in [0.3, 0.4) is 0 Å². The van der Waals surface area contributed by atoms with Crippen LogP contribution < -0.4 is 0 Å². The van der Waals surface area contributed by atoms with Crippen molar-refractivity contribution >= 4 is 0 Å². The van der Waals surface area contributed by atoms with Crippen molar-refractivity contribution in [2.45, 2.75) is 104 Å². The van der Waals surface area contributed by atoms with E-state index in [-0.39, 0.29) is 0 Å². The predicted molar refractivity (Wildman–Crippen MR) is 84.8 cm³/mol. The van der Waals surface area contributed by atoms with Crippen LogP contribution in [0, 0.1) is 12.8 Å². The highest BCUT2D eigenvalue weighted by molar-refractivity contribution is 4.61. The fourth-order valence-electron chi connectivity index (χ4n) is 2.57. The van der Waals surface area contributed by atoms with Crippen LogP contribution in [-0.2, 0) is 0 Å². The van der Waals surface area contributed by atoms with E-state index in [0.717, 1.165) is 5.92 Å². The lowest BCUT2D eigenvalue weighted by Crippen LogP contribution is -1.95. The van der Waals surface area contributed by atoms with Crippen LogP contribution in [0.15, 0.2) is 0 Å². The molecule has 0 aliphatic heterocycles. The zero-order valence-electron chi connectivity index (χ0n) is 13.2. The van der Waals surface area contributed by atoms with Crippen LogP contribution in [0.5, 0.6) is 0 Å². The average molecular weight is 253 g/mol. The summed E-state index contributed by atoms with van der Waals surface area (Å²) < 4.78 is 0. The van der Waals surface area contributed by atoms with Crippen LogP contribution in [0.1, 0.15) is 104 Å². The fraction of sp³-hybridized carbons (Fsp3) is 0.944. The molecule has 0 heterocycles. The van der Waals surface area contributed by atoms with Crippen LogP contribution in [-0.4, -0.2) is 0 Å². The minimum atomic E-state index is 0.723. The molecule has 0 aromatic rings. The van der Waals surface area contributed by atoms with E-state index in [0.29, 0.717) is 0 Å². The lowest BCUT2D eigenvalue weighted by atomic mass is 9.96. The van der Waals surface area contributed by atoms with E-state index in [4.69, 9.17) is 0 Å². The average Bonchev–Trinajstić information content (AvgIpc) is 2.37. The summed E-state index contributed by atoms with van der Waals surface area (Å²) in [5, 5.41) is 0. The van der Waals surface area contributed by atoms with Crippen molar-refractivity contribution in [3.63, 3.8) is 0 Å². The first-order chi connectivity index (χ1) is 8.81. The molecular weight excluding hydrogens is 216 g/mol. The summed E-state index contributed by atoms with van der Waals surface area (Å²) >= 11 is 0. The van der Waals surface area contributed by atoms with Crippen molar-refractivity contribution in [3.05, 3.63) is 6.92 Å². The molecule has 0 heteroatoms. The molecular formula is C18H37. The first-order valence-electron chi connectivity index (χ1n) is 8.64. The second-order valence-corrected chi connectivity index (χ2v) is 5.98. The minimum Gasteiger partial charge on any atom is -0.0654 e. The zero-order chi connectivity index (χ0) is 13.5. The molecule has 0 saturated carbocycles. The molecule has 18 heavy (non-hydrogen) atoms. The van der Waals surface area contributed by atoms with Gasteiger partial charge in [0.25, 0.3) is 0 Å². The van der Waals surface area contributed by atoms with Crippen molar-refractivity contribution in [3.8, 4) is 0 Å². The molecule has 1 atom stereocenters. The van der Waals surface area contributed by atoms with Crippen molar-refractivity contribution in [2.24, 2.45) is 5.92 Å². The van der Waals surface area contributed by atoms with Crippen molar-refractivity contribution in [1.82, 2.24) is 0 Å². The maximum absolute atomic E-state index is 4.28. The van der Waals surface area contributed by atoms with Gasteiger partial charge in [-0.25, -0.2) is 0 Å². The molecule has 0 spiro atoms. The zero-order valence-corrected chi connectivity index (χ0v) is 13.2. The van der Waals surface area contributed by atoms with Crippen molar-refractivity contribution in [1.29, 1.82) is 0 Å². The van der Waals surface area contributed by atoms with Gasteiger partial charge in [0.1, 0.15) is 0 Å². The largest absolute Gasteiger partial charge is 0.0654 e. The second-order valence-electron chi connectivity index (χ2n) is 5.98. The SMILES string of the molecule is [CH2]C(CCCCC)CCCCCCCCCCC. The maximum atomic E-state index is 4.28. The Bertz CT molecular complexity index is 139. The summed E-state index contributed by atoms with van der Waals surface area (Å²) in [7, 11) is 0. The predicted octanol–water partition coefficient (Wildman–Crippen LogP) is 6.94. The van der Waals surface area contributed by atoms with Crippen molar-refractivity contribution in [2.75, 3.05) is 0 Å². The Morgan fingerprint density at radius 2 is 0.889 bits per heavy atom. The van der Waals surface area contributed by atoms with Gasteiger partial charge in [-0.05, 0) is 5.92 Å². The Balaban J connectivity index is 3.05. The van der Waals surface area contributed by atoms with E-state index in [2.05, 4.69) is 20.8 Å². The molecule has 1 unspecified atom stereocenters. The Labute approximate surface area is 117 Å². The third-order valence-corrected chi connectivity index (χ3v) is 3.93. The molecule has 0 saturated heterocycles. The fourth-order valence-corrected chi connectivity index (χ4v) is 2.57. The maximum Gasteiger partial charge on any atom is -0.0414 e. The van der Waals surface area contributed by atoms with Gasteiger partial charge in [0, 0.05) is 0 Å². The van der Waals surface area contributed by atoms with Crippen LogP contribution >= 0.6 is 0 Å². The van der Waals surface area contributed by atoms with Gasteiger partial charge in [-0.1, -0.05) is 111 Å². The Hall–Kier alpha value is 0. The molecule has 0 aromatic heterocycles. The van der Waals surface area contributed by atoms with Gasteiger partial charge in [0.2, 0.25) is 0 Å². The molecule has 0 N–H and O–H groups in total. The quantitative estimate of drug-likeness (QED) is 0.294. The van der Waals surface area contributed by atoms with Gasteiger partial charge >= 0.3 is 0 Å². The monoisotopic (exact) mass is 253 g/mol. The van der Waals surface area contributed by atoms with Gasteiger partial charge in [-0.15, -0.1) is 0 Å². The topological polar surface area (TPSA) is 0 Å². The third-order valence-electron chi connectivity index (χ3n) is 3.93.